The van der Waals surface area contributed by atoms with Gasteiger partial charge in [-0.3, -0.25) is 14.8 Å². The maximum atomic E-state index is 13.9. The van der Waals surface area contributed by atoms with Gasteiger partial charge in [0.05, 0.1) is 12.1 Å². The number of nitrogens with zero attached hydrogens (tertiary/aromatic N) is 5. The summed E-state index contributed by atoms with van der Waals surface area (Å²) in [6.07, 6.45) is -0.494. The van der Waals surface area contributed by atoms with Gasteiger partial charge in [0, 0.05) is 29.2 Å². The highest BCUT2D eigenvalue weighted by Crippen LogP contribution is 2.32. The van der Waals surface area contributed by atoms with Crippen LogP contribution in [-0.2, 0) is 12.7 Å². The van der Waals surface area contributed by atoms with Crippen molar-refractivity contribution in [1.82, 2.24) is 29.4 Å². The molecule has 5 aromatic rings. The number of alkyl halides is 3. The predicted octanol–water partition coefficient (Wildman–Crippen LogP) is 4.03. The van der Waals surface area contributed by atoms with Crippen LogP contribution in [-0.4, -0.2) is 29.4 Å². The standard InChI is InChI=1S/C23H14ClF3N6O2/c24-16-4-2-14(3-5-16)19-18(15-7-9-28-10-8-15)20-30-31-22(35)33(20)32(21(19)34)12-13-1-6-17(29-11-13)23(25,26)27/h1-11H,12H2,(H,31,35). The second kappa shape index (κ2) is 8.51. The first-order chi connectivity index (χ1) is 16.7. The van der Waals surface area contributed by atoms with E-state index in [0.29, 0.717) is 21.7 Å². The molecule has 176 valence electrons. The molecule has 0 bridgehead atoms. The Morgan fingerprint density at radius 3 is 2.23 bits per heavy atom. The molecule has 0 saturated carbocycles. The van der Waals surface area contributed by atoms with Crippen LogP contribution in [0.3, 0.4) is 0 Å². The van der Waals surface area contributed by atoms with Crippen LogP contribution in [0.2, 0.25) is 5.02 Å². The molecular formula is C23H14ClF3N6O2. The number of benzene rings is 1. The van der Waals surface area contributed by atoms with E-state index < -0.39 is 23.1 Å². The monoisotopic (exact) mass is 498 g/mol. The summed E-state index contributed by atoms with van der Waals surface area (Å²) in [5.41, 5.74) is -0.130. The van der Waals surface area contributed by atoms with Crippen molar-refractivity contribution in [1.29, 1.82) is 0 Å². The number of fused-ring (bicyclic) bond motifs is 1. The maximum absolute atomic E-state index is 13.9. The van der Waals surface area contributed by atoms with Crippen molar-refractivity contribution in [3.8, 4) is 22.3 Å². The molecule has 4 aromatic heterocycles. The minimum atomic E-state index is -4.60. The van der Waals surface area contributed by atoms with Gasteiger partial charge in [-0.15, -0.1) is 0 Å². The first-order valence-corrected chi connectivity index (χ1v) is 10.5. The lowest BCUT2D eigenvalue weighted by Crippen LogP contribution is -2.33. The largest absolute Gasteiger partial charge is 0.433 e. The van der Waals surface area contributed by atoms with E-state index in [4.69, 9.17) is 11.6 Å². The van der Waals surface area contributed by atoms with E-state index in [1.54, 1.807) is 48.8 Å². The second-order valence-corrected chi connectivity index (χ2v) is 8.01. The van der Waals surface area contributed by atoms with Gasteiger partial charge >= 0.3 is 11.9 Å². The summed E-state index contributed by atoms with van der Waals surface area (Å²) in [4.78, 5) is 34.0. The molecule has 0 radical (unpaired) electrons. The number of nitrogens with one attached hydrogen (secondary N) is 1. The molecule has 5 rings (SSSR count). The molecular weight excluding hydrogens is 485 g/mol. The van der Waals surface area contributed by atoms with Gasteiger partial charge in [-0.25, -0.2) is 14.6 Å². The Labute approximate surface area is 199 Å². The van der Waals surface area contributed by atoms with Crippen molar-refractivity contribution >= 4 is 17.2 Å². The molecule has 0 unspecified atom stereocenters. The first-order valence-electron chi connectivity index (χ1n) is 10.2. The number of rotatable bonds is 4. The predicted molar refractivity (Wildman–Crippen MR) is 122 cm³/mol. The van der Waals surface area contributed by atoms with E-state index in [0.717, 1.165) is 21.5 Å². The van der Waals surface area contributed by atoms with Gasteiger partial charge in [0.15, 0.2) is 5.65 Å². The highest BCUT2D eigenvalue weighted by atomic mass is 35.5. The second-order valence-electron chi connectivity index (χ2n) is 7.57. The topological polar surface area (TPSA) is 97.9 Å². The normalized spacial score (nSPS) is 11.8. The van der Waals surface area contributed by atoms with Crippen molar-refractivity contribution < 1.29 is 13.2 Å². The van der Waals surface area contributed by atoms with E-state index in [1.165, 1.54) is 6.07 Å². The molecule has 1 N–H and O–H groups in total. The zero-order valence-electron chi connectivity index (χ0n) is 17.6. The number of hydrogen-bond donors (Lipinski definition) is 1. The van der Waals surface area contributed by atoms with Gasteiger partial charge < -0.3 is 0 Å². The lowest BCUT2D eigenvalue weighted by atomic mass is 9.97. The fourth-order valence-corrected chi connectivity index (χ4v) is 3.92. The van der Waals surface area contributed by atoms with Crippen LogP contribution in [0, 0.1) is 0 Å². The molecule has 0 aliphatic carbocycles. The van der Waals surface area contributed by atoms with Crippen molar-refractivity contribution in [3.05, 3.63) is 104 Å². The van der Waals surface area contributed by atoms with Gasteiger partial charge in [-0.05, 0) is 47.0 Å². The number of H-pyrrole nitrogens is 1. The Morgan fingerprint density at radius 1 is 0.914 bits per heavy atom. The van der Waals surface area contributed by atoms with Crippen LogP contribution in [0.5, 0.6) is 0 Å². The smallest absolute Gasteiger partial charge is 0.267 e. The summed E-state index contributed by atoms with van der Waals surface area (Å²) >= 11 is 6.04. The lowest BCUT2D eigenvalue weighted by molar-refractivity contribution is -0.141. The third kappa shape index (κ3) is 4.10. The molecule has 0 aliphatic rings. The summed E-state index contributed by atoms with van der Waals surface area (Å²) in [7, 11) is 0. The van der Waals surface area contributed by atoms with E-state index in [1.807, 2.05) is 0 Å². The minimum absolute atomic E-state index is 0.158. The SMILES string of the molecule is O=c1c(-c2ccc(Cl)cc2)c(-c2ccncc2)c2n[nH]c(=O)n2n1Cc1ccc(C(F)(F)F)nc1. The molecule has 0 amide bonds. The van der Waals surface area contributed by atoms with Crippen LogP contribution >= 0.6 is 11.6 Å². The Hall–Kier alpha value is -4.25. The summed E-state index contributed by atoms with van der Waals surface area (Å²) in [5.74, 6) is 0. The van der Waals surface area contributed by atoms with Crippen LogP contribution in [0.1, 0.15) is 11.3 Å². The maximum Gasteiger partial charge on any atom is 0.433 e. The highest BCUT2D eigenvalue weighted by molar-refractivity contribution is 6.30. The average molecular weight is 499 g/mol. The van der Waals surface area contributed by atoms with Gasteiger partial charge in [0.1, 0.15) is 5.69 Å². The highest BCUT2D eigenvalue weighted by Gasteiger charge is 2.32. The van der Waals surface area contributed by atoms with Crippen LogP contribution in [0.4, 0.5) is 13.2 Å². The van der Waals surface area contributed by atoms with Crippen molar-refractivity contribution in [2.75, 3.05) is 0 Å². The lowest BCUT2D eigenvalue weighted by Gasteiger charge is -2.16. The molecule has 1 aromatic carbocycles. The van der Waals surface area contributed by atoms with Crippen molar-refractivity contribution in [2.45, 2.75) is 12.7 Å². The van der Waals surface area contributed by atoms with Crippen LogP contribution in [0.15, 0.2) is 76.7 Å². The minimum Gasteiger partial charge on any atom is -0.267 e. The third-order valence-electron chi connectivity index (χ3n) is 5.36. The van der Waals surface area contributed by atoms with Gasteiger partial charge in [0.2, 0.25) is 0 Å². The van der Waals surface area contributed by atoms with Crippen molar-refractivity contribution in [3.63, 3.8) is 0 Å². The number of aromatic amines is 1. The quantitative estimate of drug-likeness (QED) is 0.403. The molecule has 0 aliphatic heterocycles. The average Bonchev–Trinajstić information content (AvgIpc) is 3.22. The zero-order chi connectivity index (χ0) is 24.7. The Bertz CT molecular complexity index is 1640. The van der Waals surface area contributed by atoms with Gasteiger partial charge in [-0.1, -0.05) is 29.8 Å². The van der Waals surface area contributed by atoms with Crippen molar-refractivity contribution in [2.24, 2.45) is 0 Å². The molecule has 4 heterocycles. The fourth-order valence-electron chi connectivity index (χ4n) is 3.79. The summed E-state index contributed by atoms with van der Waals surface area (Å²) in [5, 5.41) is 6.96. The molecule has 35 heavy (non-hydrogen) atoms. The molecule has 0 atom stereocenters. The Kier molecular flexibility index (Phi) is 5.48. The first kappa shape index (κ1) is 22.5. The van der Waals surface area contributed by atoms with Gasteiger partial charge in [0.25, 0.3) is 5.56 Å². The Balaban J connectivity index is 1.79. The number of halogens is 4. The van der Waals surface area contributed by atoms with E-state index in [-0.39, 0.29) is 23.3 Å². The number of aromatic nitrogens is 6. The molecule has 0 fully saturated rings. The Morgan fingerprint density at radius 2 is 1.60 bits per heavy atom. The van der Waals surface area contributed by atoms with E-state index in [2.05, 4.69) is 20.2 Å². The molecule has 8 nitrogen and oxygen atoms in total. The fraction of sp³-hybridized carbons (Fsp3) is 0.0870. The number of pyridine rings is 2. The summed E-state index contributed by atoms with van der Waals surface area (Å²) in [6.45, 7) is -0.225. The molecule has 12 heteroatoms. The zero-order valence-corrected chi connectivity index (χ0v) is 18.4. The third-order valence-corrected chi connectivity index (χ3v) is 5.62. The summed E-state index contributed by atoms with van der Waals surface area (Å²) < 4.78 is 40.9. The number of hydrogen-bond acceptors (Lipinski definition) is 5. The molecule has 0 spiro atoms. The van der Waals surface area contributed by atoms with Crippen LogP contribution in [0.25, 0.3) is 27.9 Å². The van der Waals surface area contributed by atoms with E-state index in [9.17, 15) is 22.8 Å². The molecule has 0 saturated heterocycles. The van der Waals surface area contributed by atoms with Crippen LogP contribution < -0.4 is 11.2 Å². The van der Waals surface area contributed by atoms with Gasteiger partial charge in [-0.2, -0.15) is 22.8 Å². The van der Waals surface area contributed by atoms with E-state index >= 15 is 0 Å². The summed E-state index contributed by atoms with van der Waals surface area (Å²) in [6, 6.07) is 12.0.